The van der Waals surface area contributed by atoms with Gasteiger partial charge in [0.1, 0.15) is 0 Å². The van der Waals surface area contributed by atoms with Crippen LogP contribution in [0.25, 0.3) is 0 Å². The molecule has 0 amide bonds. The molecule has 1 saturated heterocycles. The molecule has 1 aromatic carbocycles. The number of carbonyl (C=O) groups is 1. The van der Waals surface area contributed by atoms with Gasteiger partial charge in [-0.15, -0.1) is 10.2 Å². The van der Waals surface area contributed by atoms with E-state index in [9.17, 15) is 4.79 Å². The van der Waals surface area contributed by atoms with E-state index in [4.69, 9.17) is 15.2 Å². The normalized spacial score (nSPS) is 14.4. The highest BCUT2D eigenvalue weighted by Gasteiger charge is 2.23. The van der Waals surface area contributed by atoms with Gasteiger partial charge in [-0.3, -0.25) is 4.79 Å². The zero-order chi connectivity index (χ0) is 17.8. The third-order valence-electron chi connectivity index (χ3n) is 4.36. The van der Waals surface area contributed by atoms with E-state index in [0.29, 0.717) is 17.4 Å². The maximum absolute atomic E-state index is 12.8. The summed E-state index contributed by atoms with van der Waals surface area (Å²) in [5.41, 5.74) is 6.71. The van der Waals surface area contributed by atoms with E-state index >= 15 is 0 Å². The lowest BCUT2D eigenvalue weighted by Crippen LogP contribution is -2.33. The Hall–Kier alpha value is -2.77. The number of nitrogen functional groups attached to an aromatic ring is 1. The molecular weight excluding hydrogens is 322 g/mol. The van der Waals surface area contributed by atoms with Crippen LogP contribution in [0.3, 0.4) is 0 Å². The summed E-state index contributed by atoms with van der Waals surface area (Å²) in [6.07, 6.45) is 3.52. The first kappa shape index (κ1) is 17.1. The van der Waals surface area contributed by atoms with E-state index in [1.54, 1.807) is 26.4 Å². The van der Waals surface area contributed by atoms with Gasteiger partial charge in [0.2, 0.25) is 17.8 Å². The van der Waals surface area contributed by atoms with Crippen LogP contribution in [-0.4, -0.2) is 48.0 Å². The van der Waals surface area contributed by atoms with Crippen LogP contribution in [0.1, 0.15) is 29.6 Å². The number of carbonyl (C=O) groups excluding carboxylic acids is 1. The highest BCUT2D eigenvalue weighted by atomic mass is 16.5. The molecule has 1 fully saturated rings. The lowest BCUT2D eigenvalue weighted by molar-refractivity contribution is 0.0917. The van der Waals surface area contributed by atoms with Crippen LogP contribution in [0.2, 0.25) is 0 Å². The summed E-state index contributed by atoms with van der Waals surface area (Å²) < 4.78 is 11.9. The molecule has 134 valence electrons. The summed E-state index contributed by atoms with van der Waals surface area (Å²) in [5, 5.41) is 8.01. The molecule has 8 nitrogen and oxygen atoms in total. The van der Waals surface area contributed by atoms with E-state index in [1.807, 2.05) is 6.07 Å². The fourth-order valence-electron chi connectivity index (χ4n) is 3.07. The number of hydrogen-bond donors (Lipinski definition) is 1. The number of piperidine rings is 1. The molecule has 0 spiro atoms. The third-order valence-corrected chi connectivity index (χ3v) is 4.36. The van der Waals surface area contributed by atoms with Crippen molar-refractivity contribution in [3.63, 3.8) is 0 Å². The molecule has 2 N–H and O–H groups in total. The summed E-state index contributed by atoms with van der Waals surface area (Å²) >= 11 is 0. The Morgan fingerprint density at radius 3 is 2.52 bits per heavy atom. The molecule has 1 aliphatic rings. The molecule has 0 saturated carbocycles. The summed E-state index contributed by atoms with van der Waals surface area (Å²) in [6, 6.07) is 5.40. The smallest absolute Gasteiger partial charge is 0.240 e. The number of rotatable bonds is 5. The third kappa shape index (κ3) is 3.52. The van der Waals surface area contributed by atoms with Crippen LogP contribution in [-0.2, 0) is 6.42 Å². The van der Waals surface area contributed by atoms with E-state index in [-0.39, 0.29) is 18.3 Å². The Labute approximate surface area is 146 Å². The standard InChI is InChI=1S/C17H23N5O3/c1-24-13-7-6-12(10-14(13)25-2)11-15(23)22-16(18)19-20-17(22)21-8-4-3-5-9-21/h6-7,10H,3-5,8-9,11H2,1-2H3,(H2,18,19). The zero-order valence-electron chi connectivity index (χ0n) is 14.6. The zero-order valence-corrected chi connectivity index (χ0v) is 14.6. The number of aromatic nitrogens is 3. The Bertz CT molecular complexity index is 753. The minimum Gasteiger partial charge on any atom is -0.493 e. The Morgan fingerprint density at radius 1 is 1.12 bits per heavy atom. The Morgan fingerprint density at radius 2 is 1.84 bits per heavy atom. The van der Waals surface area contributed by atoms with Gasteiger partial charge in [0.15, 0.2) is 11.5 Å². The van der Waals surface area contributed by atoms with Crippen LogP contribution in [0.4, 0.5) is 11.9 Å². The quantitative estimate of drug-likeness (QED) is 0.882. The van der Waals surface area contributed by atoms with Gasteiger partial charge in [-0.05, 0) is 37.0 Å². The van der Waals surface area contributed by atoms with Crippen molar-refractivity contribution in [3.8, 4) is 11.5 Å². The van der Waals surface area contributed by atoms with Gasteiger partial charge >= 0.3 is 0 Å². The van der Waals surface area contributed by atoms with Crippen molar-refractivity contribution < 1.29 is 14.3 Å². The van der Waals surface area contributed by atoms with Gasteiger partial charge in [0, 0.05) is 13.1 Å². The minimum atomic E-state index is -0.171. The number of nitrogens with two attached hydrogens (primary N) is 1. The van der Waals surface area contributed by atoms with Crippen LogP contribution >= 0.6 is 0 Å². The first-order valence-corrected chi connectivity index (χ1v) is 8.34. The molecule has 3 rings (SSSR count). The minimum absolute atomic E-state index is 0.117. The van der Waals surface area contributed by atoms with Crippen LogP contribution in [0.5, 0.6) is 11.5 Å². The number of ether oxygens (including phenoxy) is 2. The first-order valence-electron chi connectivity index (χ1n) is 8.34. The van der Waals surface area contributed by atoms with E-state index in [0.717, 1.165) is 31.5 Å². The molecule has 0 radical (unpaired) electrons. The predicted molar refractivity (Wildman–Crippen MR) is 94.4 cm³/mol. The predicted octanol–water partition coefficient (Wildman–Crippen LogP) is 1.75. The number of hydrogen-bond acceptors (Lipinski definition) is 7. The van der Waals surface area contributed by atoms with Gasteiger partial charge < -0.3 is 20.1 Å². The molecule has 1 aromatic heterocycles. The highest BCUT2D eigenvalue weighted by Crippen LogP contribution is 2.28. The van der Waals surface area contributed by atoms with Crippen molar-refractivity contribution in [3.05, 3.63) is 23.8 Å². The molecule has 0 unspecified atom stereocenters. The van der Waals surface area contributed by atoms with Crippen molar-refractivity contribution in [2.24, 2.45) is 0 Å². The van der Waals surface area contributed by atoms with E-state index in [2.05, 4.69) is 15.1 Å². The summed E-state index contributed by atoms with van der Waals surface area (Å²) in [7, 11) is 3.14. The largest absolute Gasteiger partial charge is 0.493 e. The van der Waals surface area contributed by atoms with Crippen LogP contribution in [0.15, 0.2) is 18.2 Å². The molecule has 0 atom stereocenters. The molecular formula is C17H23N5O3. The topological polar surface area (TPSA) is 95.5 Å². The van der Waals surface area contributed by atoms with E-state index < -0.39 is 0 Å². The second kappa shape index (κ2) is 7.42. The average molecular weight is 345 g/mol. The maximum Gasteiger partial charge on any atom is 0.240 e. The van der Waals surface area contributed by atoms with Gasteiger partial charge in [-0.1, -0.05) is 6.07 Å². The second-order valence-corrected chi connectivity index (χ2v) is 6.00. The van der Waals surface area contributed by atoms with Crippen LogP contribution in [0, 0.1) is 0 Å². The van der Waals surface area contributed by atoms with Gasteiger partial charge in [-0.2, -0.15) is 0 Å². The van der Waals surface area contributed by atoms with Crippen molar-refractivity contribution in [2.45, 2.75) is 25.7 Å². The molecule has 25 heavy (non-hydrogen) atoms. The monoisotopic (exact) mass is 345 g/mol. The van der Waals surface area contributed by atoms with Crippen molar-refractivity contribution in [2.75, 3.05) is 37.9 Å². The molecule has 1 aliphatic heterocycles. The maximum atomic E-state index is 12.8. The molecule has 2 aromatic rings. The van der Waals surface area contributed by atoms with E-state index in [1.165, 1.54) is 11.0 Å². The van der Waals surface area contributed by atoms with Crippen molar-refractivity contribution >= 4 is 17.8 Å². The number of methoxy groups -OCH3 is 2. The van der Waals surface area contributed by atoms with Crippen LogP contribution < -0.4 is 20.1 Å². The fourth-order valence-corrected chi connectivity index (χ4v) is 3.07. The number of benzene rings is 1. The first-order chi connectivity index (χ1) is 12.1. The lowest BCUT2D eigenvalue weighted by atomic mass is 10.1. The molecule has 8 heteroatoms. The second-order valence-electron chi connectivity index (χ2n) is 6.00. The number of nitrogens with zero attached hydrogens (tertiary/aromatic N) is 4. The van der Waals surface area contributed by atoms with Crippen molar-refractivity contribution in [1.82, 2.24) is 14.8 Å². The average Bonchev–Trinajstić information content (AvgIpc) is 3.04. The highest BCUT2D eigenvalue weighted by molar-refractivity contribution is 5.86. The number of anilines is 2. The fraction of sp³-hybridized carbons (Fsp3) is 0.471. The summed E-state index contributed by atoms with van der Waals surface area (Å²) in [4.78, 5) is 14.9. The molecule has 0 bridgehead atoms. The Balaban J connectivity index is 1.83. The Kier molecular flexibility index (Phi) is 5.06. The van der Waals surface area contributed by atoms with Gasteiger partial charge in [-0.25, -0.2) is 4.57 Å². The molecule has 2 heterocycles. The van der Waals surface area contributed by atoms with Gasteiger partial charge in [0.25, 0.3) is 0 Å². The molecule has 0 aliphatic carbocycles. The summed E-state index contributed by atoms with van der Waals surface area (Å²) in [5.74, 6) is 1.68. The SMILES string of the molecule is COc1ccc(CC(=O)n2c(N)nnc2N2CCCCC2)cc1OC. The lowest BCUT2D eigenvalue weighted by Gasteiger charge is -2.27. The summed E-state index contributed by atoms with van der Waals surface area (Å²) in [6.45, 7) is 1.73. The van der Waals surface area contributed by atoms with Gasteiger partial charge in [0.05, 0.1) is 20.6 Å². The van der Waals surface area contributed by atoms with Crippen molar-refractivity contribution in [1.29, 1.82) is 0 Å².